The number of nitrogens with zero attached hydrogens (tertiary/aromatic N) is 3. The molecule has 1 aromatic heterocycles. The molecule has 3 heterocycles. The van der Waals surface area contributed by atoms with Crippen molar-refractivity contribution < 1.29 is 9.59 Å². The summed E-state index contributed by atoms with van der Waals surface area (Å²) in [6.07, 6.45) is 6.60. The molecule has 2 aliphatic rings. The Morgan fingerprint density at radius 3 is 3.06 bits per heavy atom. The maximum atomic E-state index is 12.3. The fourth-order valence-electron chi connectivity index (χ4n) is 2.75. The van der Waals surface area contributed by atoms with E-state index in [2.05, 4.69) is 15.3 Å². The second-order valence-corrected chi connectivity index (χ2v) is 4.66. The molecule has 6 nitrogen and oxygen atoms in total. The van der Waals surface area contributed by atoms with Crippen molar-refractivity contribution in [2.24, 2.45) is 0 Å². The smallest absolute Gasteiger partial charge is 0.274 e. The molecule has 3 rings (SSSR count). The molecule has 0 unspecified atom stereocenters. The van der Waals surface area contributed by atoms with E-state index in [1.54, 1.807) is 6.20 Å². The first-order chi connectivity index (χ1) is 8.75. The average molecular weight is 246 g/mol. The first-order valence-electron chi connectivity index (χ1n) is 6.12. The van der Waals surface area contributed by atoms with Gasteiger partial charge in [-0.3, -0.25) is 14.6 Å². The number of nitrogens with one attached hydrogen (secondary N) is 1. The van der Waals surface area contributed by atoms with E-state index in [9.17, 15) is 9.59 Å². The van der Waals surface area contributed by atoms with Crippen LogP contribution in [-0.2, 0) is 4.79 Å². The Morgan fingerprint density at radius 1 is 1.39 bits per heavy atom. The van der Waals surface area contributed by atoms with Crippen molar-refractivity contribution >= 4 is 11.8 Å². The van der Waals surface area contributed by atoms with Crippen LogP contribution in [-0.4, -0.2) is 45.3 Å². The van der Waals surface area contributed by atoms with Crippen LogP contribution >= 0.6 is 0 Å². The third-order valence-electron chi connectivity index (χ3n) is 3.60. The summed E-state index contributed by atoms with van der Waals surface area (Å²) in [7, 11) is 0. The monoisotopic (exact) mass is 246 g/mol. The third kappa shape index (κ3) is 1.83. The minimum atomic E-state index is -0.0910. The summed E-state index contributed by atoms with van der Waals surface area (Å²) >= 11 is 0. The van der Waals surface area contributed by atoms with Gasteiger partial charge < -0.3 is 10.2 Å². The van der Waals surface area contributed by atoms with Gasteiger partial charge in [0.15, 0.2) is 0 Å². The van der Waals surface area contributed by atoms with Gasteiger partial charge in [-0.1, -0.05) is 0 Å². The maximum absolute atomic E-state index is 12.3. The quantitative estimate of drug-likeness (QED) is 0.755. The minimum Gasteiger partial charge on any atom is -0.351 e. The molecule has 2 amide bonds. The van der Waals surface area contributed by atoms with E-state index in [1.807, 2.05) is 4.90 Å². The van der Waals surface area contributed by atoms with E-state index in [0.717, 1.165) is 12.8 Å². The molecule has 6 heteroatoms. The zero-order chi connectivity index (χ0) is 12.5. The highest BCUT2D eigenvalue weighted by atomic mass is 16.2. The van der Waals surface area contributed by atoms with Crippen molar-refractivity contribution in [2.75, 3.05) is 6.54 Å². The van der Waals surface area contributed by atoms with Crippen LogP contribution in [0.3, 0.4) is 0 Å². The summed E-state index contributed by atoms with van der Waals surface area (Å²) in [6.45, 7) is 0.672. The maximum Gasteiger partial charge on any atom is 0.274 e. The van der Waals surface area contributed by atoms with Gasteiger partial charge in [0.25, 0.3) is 5.91 Å². The number of fused-ring (bicyclic) bond motifs is 1. The number of aromatic nitrogens is 2. The Bertz CT molecular complexity index is 476. The van der Waals surface area contributed by atoms with Crippen LogP contribution in [0.5, 0.6) is 0 Å². The van der Waals surface area contributed by atoms with Crippen LogP contribution in [0.1, 0.15) is 29.8 Å². The molecule has 0 radical (unpaired) electrons. The Hall–Kier alpha value is -1.98. The Kier molecular flexibility index (Phi) is 2.70. The molecule has 2 saturated heterocycles. The van der Waals surface area contributed by atoms with Gasteiger partial charge in [-0.2, -0.15) is 0 Å². The summed E-state index contributed by atoms with van der Waals surface area (Å²) in [6, 6.07) is 0.212. The predicted octanol–water partition coefficient (Wildman–Crippen LogP) is -0.0303. The fourth-order valence-corrected chi connectivity index (χ4v) is 2.75. The highest BCUT2D eigenvalue weighted by Gasteiger charge is 2.40. The second-order valence-electron chi connectivity index (χ2n) is 4.66. The van der Waals surface area contributed by atoms with Crippen LogP contribution in [0.25, 0.3) is 0 Å². The first-order valence-corrected chi connectivity index (χ1v) is 6.12. The number of rotatable bonds is 1. The number of carbonyl (C=O) groups excluding carboxylic acids is 2. The average Bonchev–Trinajstić information content (AvgIpc) is 2.81. The highest BCUT2D eigenvalue weighted by Crippen LogP contribution is 2.26. The molecule has 0 spiro atoms. The number of amides is 2. The lowest BCUT2D eigenvalue weighted by Crippen LogP contribution is -2.50. The van der Waals surface area contributed by atoms with Crippen LogP contribution in [0.15, 0.2) is 18.6 Å². The number of likely N-dealkylation sites (tertiary alicyclic amines) is 1. The minimum absolute atomic E-state index is 0.0880. The van der Waals surface area contributed by atoms with Crippen molar-refractivity contribution in [3.05, 3.63) is 24.3 Å². The van der Waals surface area contributed by atoms with Crippen molar-refractivity contribution in [1.82, 2.24) is 20.2 Å². The van der Waals surface area contributed by atoms with Crippen molar-refractivity contribution in [3.63, 3.8) is 0 Å². The Balaban J connectivity index is 1.78. The summed E-state index contributed by atoms with van der Waals surface area (Å²) in [5.41, 5.74) is 0.370. The molecule has 0 bridgehead atoms. The molecule has 1 aromatic rings. The molecule has 2 fully saturated rings. The largest absolute Gasteiger partial charge is 0.351 e. The first kappa shape index (κ1) is 11.1. The molecule has 0 saturated carbocycles. The van der Waals surface area contributed by atoms with Crippen LogP contribution in [0, 0.1) is 0 Å². The molecule has 2 atom stereocenters. The lowest BCUT2D eigenvalue weighted by molar-refractivity contribution is -0.123. The van der Waals surface area contributed by atoms with E-state index in [0.29, 0.717) is 18.7 Å². The molecule has 18 heavy (non-hydrogen) atoms. The SMILES string of the molecule is O=C1CC[C@H]2[C@H](CCN2C(=O)c2cnccn2)N1. The number of hydrogen-bond acceptors (Lipinski definition) is 4. The number of carbonyl (C=O) groups is 2. The van der Waals surface area contributed by atoms with E-state index in [1.165, 1.54) is 12.4 Å². The molecular weight excluding hydrogens is 232 g/mol. The zero-order valence-corrected chi connectivity index (χ0v) is 9.87. The second kappa shape index (κ2) is 4.36. The van der Waals surface area contributed by atoms with Gasteiger partial charge in [0.2, 0.25) is 5.91 Å². The molecule has 0 aromatic carbocycles. The van der Waals surface area contributed by atoms with Crippen molar-refractivity contribution in [1.29, 1.82) is 0 Å². The van der Waals surface area contributed by atoms with Gasteiger partial charge in [-0.15, -0.1) is 0 Å². The lowest BCUT2D eigenvalue weighted by atomic mass is 9.99. The zero-order valence-electron chi connectivity index (χ0n) is 9.87. The van der Waals surface area contributed by atoms with Gasteiger partial charge >= 0.3 is 0 Å². The Labute approximate surface area is 104 Å². The van der Waals surface area contributed by atoms with Gasteiger partial charge in [0, 0.05) is 25.4 Å². The normalized spacial score (nSPS) is 26.7. The topological polar surface area (TPSA) is 75.2 Å². The summed E-state index contributed by atoms with van der Waals surface area (Å²) in [5, 5.41) is 2.95. The van der Waals surface area contributed by atoms with Gasteiger partial charge in [-0.25, -0.2) is 4.98 Å². The van der Waals surface area contributed by atoms with E-state index < -0.39 is 0 Å². The van der Waals surface area contributed by atoms with Gasteiger partial charge in [0.1, 0.15) is 5.69 Å². The number of hydrogen-bond donors (Lipinski definition) is 1. The highest BCUT2D eigenvalue weighted by molar-refractivity contribution is 5.92. The van der Waals surface area contributed by atoms with E-state index in [4.69, 9.17) is 0 Å². The molecular formula is C12H14N4O2. The van der Waals surface area contributed by atoms with Crippen LogP contribution in [0.2, 0.25) is 0 Å². The van der Waals surface area contributed by atoms with Gasteiger partial charge in [0.05, 0.1) is 18.3 Å². The van der Waals surface area contributed by atoms with E-state index in [-0.39, 0.29) is 23.9 Å². The standard InChI is InChI=1S/C12H14N4O2/c17-11-2-1-10-8(15-11)3-6-16(10)12(18)9-7-13-4-5-14-9/h4-5,7-8,10H,1-3,6H2,(H,15,17)/t8-,10-/m0/s1. The molecule has 1 N–H and O–H groups in total. The van der Waals surface area contributed by atoms with E-state index >= 15 is 0 Å². The summed E-state index contributed by atoms with van der Waals surface area (Å²) in [4.78, 5) is 33.4. The van der Waals surface area contributed by atoms with Gasteiger partial charge in [-0.05, 0) is 12.8 Å². The summed E-state index contributed by atoms with van der Waals surface area (Å²) < 4.78 is 0. The number of piperidine rings is 1. The third-order valence-corrected chi connectivity index (χ3v) is 3.60. The molecule has 2 aliphatic heterocycles. The molecule has 94 valence electrons. The van der Waals surface area contributed by atoms with Crippen molar-refractivity contribution in [3.8, 4) is 0 Å². The van der Waals surface area contributed by atoms with Crippen LogP contribution < -0.4 is 5.32 Å². The summed E-state index contributed by atoms with van der Waals surface area (Å²) in [5.74, 6) is -0.00296. The lowest BCUT2D eigenvalue weighted by Gasteiger charge is -2.31. The predicted molar refractivity (Wildman–Crippen MR) is 62.6 cm³/mol. The van der Waals surface area contributed by atoms with Crippen molar-refractivity contribution in [2.45, 2.75) is 31.3 Å². The molecule has 0 aliphatic carbocycles. The van der Waals surface area contributed by atoms with Crippen LogP contribution in [0.4, 0.5) is 0 Å². The Morgan fingerprint density at radius 2 is 2.28 bits per heavy atom. The fraction of sp³-hybridized carbons (Fsp3) is 0.500.